The van der Waals surface area contributed by atoms with Crippen molar-refractivity contribution in [2.45, 2.75) is 37.3 Å². The Labute approximate surface area is 159 Å². The van der Waals surface area contributed by atoms with E-state index in [0.717, 1.165) is 11.1 Å². The summed E-state index contributed by atoms with van der Waals surface area (Å²) < 4.78 is 30.0. The molecule has 2 aromatic carbocycles. The molecule has 0 radical (unpaired) electrons. The molecule has 142 valence electrons. The van der Waals surface area contributed by atoms with E-state index >= 15 is 0 Å². The maximum Gasteiger partial charge on any atom is 0.184 e. The van der Waals surface area contributed by atoms with Crippen molar-refractivity contribution < 1.29 is 23.7 Å². The molecule has 0 saturated carbocycles. The summed E-state index contributed by atoms with van der Waals surface area (Å²) in [6.07, 6.45) is 0.0532. The van der Waals surface area contributed by atoms with Crippen LogP contribution >= 0.6 is 0 Å². The monoisotopic (exact) mass is 368 g/mol. The van der Waals surface area contributed by atoms with Crippen LogP contribution in [0.4, 0.5) is 0 Å². The molecule has 2 fully saturated rings. The predicted molar refractivity (Wildman–Crippen MR) is 99.8 cm³/mol. The molecule has 27 heavy (non-hydrogen) atoms. The summed E-state index contributed by atoms with van der Waals surface area (Å²) in [6.45, 7) is 4.94. The zero-order valence-corrected chi connectivity index (χ0v) is 15.1. The van der Waals surface area contributed by atoms with Gasteiger partial charge in [-0.2, -0.15) is 0 Å². The van der Waals surface area contributed by atoms with E-state index in [-0.39, 0.29) is 31.2 Å². The summed E-state index contributed by atoms with van der Waals surface area (Å²) >= 11 is 0. The van der Waals surface area contributed by atoms with Gasteiger partial charge in [-0.1, -0.05) is 66.7 Å². The number of hydrogen-bond donors (Lipinski definition) is 0. The minimum atomic E-state index is -0.456. The highest BCUT2D eigenvalue weighted by atomic mass is 16.7. The molecule has 2 aliphatic rings. The van der Waals surface area contributed by atoms with Gasteiger partial charge < -0.3 is 23.7 Å². The highest BCUT2D eigenvalue weighted by Gasteiger charge is 2.44. The van der Waals surface area contributed by atoms with Crippen molar-refractivity contribution in [3.8, 4) is 0 Å². The van der Waals surface area contributed by atoms with Crippen LogP contribution in [-0.2, 0) is 30.3 Å². The number of hydrogen-bond acceptors (Lipinski definition) is 5. The summed E-state index contributed by atoms with van der Waals surface area (Å²) in [6, 6.07) is 19.9. The van der Waals surface area contributed by atoms with Crippen molar-refractivity contribution in [2.75, 3.05) is 13.4 Å². The third-order valence-electron chi connectivity index (χ3n) is 4.84. The fourth-order valence-corrected chi connectivity index (χ4v) is 3.41. The summed E-state index contributed by atoms with van der Waals surface area (Å²) in [7, 11) is 0. The van der Waals surface area contributed by atoms with E-state index in [9.17, 15) is 0 Å². The molecule has 2 saturated heterocycles. The van der Waals surface area contributed by atoms with Crippen molar-refractivity contribution in [3.05, 3.63) is 84.4 Å². The van der Waals surface area contributed by atoms with Gasteiger partial charge in [-0.3, -0.25) is 0 Å². The number of rotatable bonds is 5. The van der Waals surface area contributed by atoms with Crippen LogP contribution in [0.3, 0.4) is 0 Å². The molecule has 0 amide bonds. The molecule has 2 aliphatic heterocycles. The maximum absolute atomic E-state index is 6.29. The largest absolute Gasteiger partial charge is 0.368 e. The first kappa shape index (κ1) is 18.3. The van der Waals surface area contributed by atoms with Crippen molar-refractivity contribution in [3.63, 3.8) is 0 Å². The van der Waals surface area contributed by atoms with E-state index in [0.29, 0.717) is 13.2 Å². The molecule has 1 unspecified atom stereocenters. The topological polar surface area (TPSA) is 46.2 Å². The van der Waals surface area contributed by atoms with E-state index in [1.54, 1.807) is 6.08 Å². The van der Waals surface area contributed by atoms with Gasteiger partial charge >= 0.3 is 0 Å². The normalized spacial score (nSPS) is 30.9. The highest BCUT2D eigenvalue weighted by molar-refractivity contribution is 5.17. The van der Waals surface area contributed by atoms with Gasteiger partial charge in [0.15, 0.2) is 6.29 Å². The smallest absolute Gasteiger partial charge is 0.184 e. The zero-order valence-electron chi connectivity index (χ0n) is 15.1. The molecule has 5 nitrogen and oxygen atoms in total. The van der Waals surface area contributed by atoms with Gasteiger partial charge in [0.2, 0.25) is 0 Å². The standard InChI is InChI=1S/C22H24O5/c1-2-18-20(23-13-16-9-5-3-6-10-16)21-19(26-15-25-18)14-24-22(27-21)17-11-7-4-8-12-17/h2-12,18-22H,1,13-15H2/t18-,19-,20-,21-,22?/m1/s1. The lowest BCUT2D eigenvalue weighted by Gasteiger charge is -2.39. The first-order valence-corrected chi connectivity index (χ1v) is 9.18. The van der Waals surface area contributed by atoms with E-state index in [1.165, 1.54) is 0 Å². The zero-order chi connectivity index (χ0) is 18.5. The quantitative estimate of drug-likeness (QED) is 0.755. The van der Waals surface area contributed by atoms with Crippen LogP contribution in [0.1, 0.15) is 17.4 Å². The van der Waals surface area contributed by atoms with Crippen molar-refractivity contribution in [1.29, 1.82) is 0 Å². The lowest BCUT2D eigenvalue weighted by atomic mass is 10.0. The Hall–Kier alpha value is -2.02. The number of ether oxygens (including phenoxy) is 5. The minimum Gasteiger partial charge on any atom is -0.368 e. The van der Waals surface area contributed by atoms with Crippen molar-refractivity contribution in [1.82, 2.24) is 0 Å². The van der Waals surface area contributed by atoms with E-state index in [1.807, 2.05) is 60.7 Å². The Morgan fingerprint density at radius 2 is 1.70 bits per heavy atom. The first-order chi connectivity index (χ1) is 13.3. The summed E-state index contributed by atoms with van der Waals surface area (Å²) in [5.41, 5.74) is 2.06. The molecule has 4 rings (SSSR count). The number of benzene rings is 2. The second-order valence-electron chi connectivity index (χ2n) is 6.63. The van der Waals surface area contributed by atoms with Crippen LogP contribution in [0.5, 0.6) is 0 Å². The van der Waals surface area contributed by atoms with Gasteiger partial charge in [0.25, 0.3) is 0 Å². The van der Waals surface area contributed by atoms with E-state index in [2.05, 4.69) is 6.58 Å². The van der Waals surface area contributed by atoms with Crippen molar-refractivity contribution in [2.24, 2.45) is 0 Å². The molecule has 0 aliphatic carbocycles. The average molecular weight is 368 g/mol. The third kappa shape index (κ3) is 4.29. The SMILES string of the molecule is C=C[C@H]1OCO[C@@H]2COC(c3ccccc3)O[C@H]2[C@@H]1OCc1ccccc1. The van der Waals surface area contributed by atoms with Crippen LogP contribution in [-0.4, -0.2) is 37.8 Å². The molecular formula is C22H24O5. The number of fused-ring (bicyclic) bond motifs is 1. The second-order valence-corrected chi connectivity index (χ2v) is 6.63. The predicted octanol–water partition coefficient (Wildman–Crippen LogP) is 3.61. The Morgan fingerprint density at radius 1 is 0.963 bits per heavy atom. The van der Waals surface area contributed by atoms with Crippen LogP contribution in [0, 0.1) is 0 Å². The van der Waals surface area contributed by atoms with Gasteiger partial charge in [0, 0.05) is 5.56 Å². The molecule has 5 atom stereocenters. The van der Waals surface area contributed by atoms with Gasteiger partial charge in [-0.25, -0.2) is 0 Å². The second kappa shape index (κ2) is 8.78. The first-order valence-electron chi connectivity index (χ1n) is 9.18. The highest BCUT2D eigenvalue weighted by Crippen LogP contribution is 2.33. The Morgan fingerprint density at radius 3 is 2.44 bits per heavy atom. The lowest BCUT2D eigenvalue weighted by Crippen LogP contribution is -2.51. The van der Waals surface area contributed by atoms with Gasteiger partial charge in [-0.15, -0.1) is 6.58 Å². The molecule has 0 bridgehead atoms. The fraction of sp³-hybridized carbons (Fsp3) is 0.364. The molecule has 5 heteroatoms. The molecule has 0 N–H and O–H groups in total. The summed E-state index contributed by atoms with van der Waals surface area (Å²) in [4.78, 5) is 0. The molecular weight excluding hydrogens is 344 g/mol. The Bertz CT molecular complexity index is 720. The van der Waals surface area contributed by atoms with Gasteiger partial charge in [0.05, 0.1) is 13.2 Å². The molecule has 2 heterocycles. The maximum atomic E-state index is 6.29. The summed E-state index contributed by atoms with van der Waals surface area (Å²) in [5, 5.41) is 0. The van der Waals surface area contributed by atoms with Crippen LogP contribution in [0.15, 0.2) is 73.3 Å². The van der Waals surface area contributed by atoms with Gasteiger partial charge in [-0.05, 0) is 5.56 Å². The molecule has 0 spiro atoms. The van der Waals surface area contributed by atoms with Crippen LogP contribution < -0.4 is 0 Å². The van der Waals surface area contributed by atoms with Gasteiger partial charge in [0.1, 0.15) is 31.2 Å². The molecule has 0 aromatic heterocycles. The fourth-order valence-electron chi connectivity index (χ4n) is 3.41. The molecule has 2 aromatic rings. The van der Waals surface area contributed by atoms with Crippen LogP contribution in [0.25, 0.3) is 0 Å². The third-order valence-corrected chi connectivity index (χ3v) is 4.84. The van der Waals surface area contributed by atoms with E-state index in [4.69, 9.17) is 23.7 Å². The van der Waals surface area contributed by atoms with E-state index < -0.39 is 6.29 Å². The Balaban J connectivity index is 1.53. The lowest BCUT2D eigenvalue weighted by molar-refractivity contribution is -0.283. The Kier molecular flexibility index (Phi) is 5.97. The minimum absolute atomic E-state index is 0.159. The van der Waals surface area contributed by atoms with Crippen LogP contribution in [0.2, 0.25) is 0 Å². The summed E-state index contributed by atoms with van der Waals surface area (Å²) in [5.74, 6) is 0. The average Bonchev–Trinajstić information content (AvgIpc) is 2.92. The van der Waals surface area contributed by atoms with Crippen molar-refractivity contribution >= 4 is 0 Å².